The van der Waals surface area contributed by atoms with Crippen LogP contribution in [0.15, 0.2) is 16.1 Å². The van der Waals surface area contributed by atoms with E-state index < -0.39 is 0 Å². The Morgan fingerprint density at radius 3 is 2.96 bits per heavy atom. The van der Waals surface area contributed by atoms with Crippen molar-refractivity contribution in [2.24, 2.45) is 16.3 Å². The Balaban J connectivity index is 1.22. The molecule has 5 aliphatic rings. The summed E-state index contributed by atoms with van der Waals surface area (Å²) in [6, 6.07) is 0. The Labute approximate surface area is 165 Å². The normalized spacial score (nSPS) is 30.7. The average Bonchev–Trinajstić information content (AvgIpc) is 3.25. The minimum absolute atomic E-state index is 0.165. The monoisotopic (exact) mass is 388 g/mol. The van der Waals surface area contributed by atoms with Gasteiger partial charge in [-0.05, 0) is 49.9 Å². The minimum atomic E-state index is -0.306. The van der Waals surface area contributed by atoms with E-state index in [0.717, 1.165) is 75.2 Å². The van der Waals surface area contributed by atoms with Crippen LogP contribution in [0.1, 0.15) is 44.9 Å². The highest BCUT2D eigenvalue weighted by molar-refractivity contribution is 8.16. The summed E-state index contributed by atoms with van der Waals surface area (Å²) >= 11 is 1.64. The zero-order chi connectivity index (χ0) is 18.4. The second kappa shape index (κ2) is 6.83. The van der Waals surface area contributed by atoms with Crippen molar-refractivity contribution in [2.45, 2.75) is 44.9 Å². The molecule has 0 aromatic carbocycles. The molecule has 3 fully saturated rings. The van der Waals surface area contributed by atoms with Crippen LogP contribution in [0, 0.1) is 11.3 Å². The van der Waals surface area contributed by atoms with E-state index in [1.54, 1.807) is 11.8 Å². The van der Waals surface area contributed by atoms with Gasteiger partial charge in [0.05, 0.1) is 11.8 Å². The molecule has 0 N–H and O–H groups in total. The fourth-order valence-electron chi connectivity index (χ4n) is 4.94. The van der Waals surface area contributed by atoms with Crippen LogP contribution in [-0.2, 0) is 9.59 Å². The third kappa shape index (κ3) is 3.28. The summed E-state index contributed by atoms with van der Waals surface area (Å²) in [5, 5.41) is 3.12. The Kier molecular flexibility index (Phi) is 4.45. The molecule has 1 saturated carbocycles. The van der Waals surface area contributed by atoms with Crippen molar-refractivity contribution in [3.63, 3.8) is 0 Å². The first kappa shape index (κ1) is 17.6. The molecule has 0 unspecified atom stereocenters. The topological polar surface area (TPSA) is 56.2 Å². The van der Waals surface area contributed by atoms with Gasteiger partial charge in [0.2, 0.25) is 11.8 Å². The van der Waals surface area contributed by atoms with E-state index in [9.17, 15) is 9.59 Å². The summed E-state index contributed by atoms with van der Waals surface area (Å²) in [7, 11) is 0. The second-order valence-corrected chi connectivity index (χ2v) is 9.55. The number of rotatable bonds is 4. The fraction of sp³-hybridized carbons (Fsp3) is 0.750. The second-order valence-electron chi connectivity index (χ2n) is 8.72. The fourth-order valence-corrected chi connectivity index (χ4v) is 5.90. The largest absolute Gasteiger partial charge is 0.342 e. The Hall–Kier alpha value is -1.50. The van der Waals surface area contributed by atoms with Gasteiger partial charge >= 0.3 is 0 Å². The number of fused-ring (bicyclic) bond motifs is 1. The summed E-state index contributed by atoms with van der Waals surface area (Å²) in [5.41, 5.74) is 0.772. The predicted molar refractivity (Wildman–Crippen MR) is 106 cm³/mol. The lowest BCUT2D eigenvalue weighted by atomic mass is 9.78. The van der Waals surface area contributed by atoms with Crippen LogP contribution in [-0.4, -0.2) is 71.0 Å². The third-order valence-corrected chi connectivity index (χ3v) is 7.65. The standard InChI is InChI=1S/C20H28N4O2S/c25-17(11-16-13-27-19-21-7-2-9-24(16)19)23-10-6-20(14-23)5-1-8-22(18(20)26)12-15-3-4-15/h13,15H,1-12,14H2/t20-/m0/s1. The van der Waals surface area contributed by atoms with Crippen molar-refractivity contribution in [1.82, 2.24) is 14.7 Å². The number of hydrogen-bond donors (Lipinski definition) is 0. The first-order chi connectivity index (χ1) is 13.1. The molecule has 6 nitrogen and oxygen atoms in total. The molecule has 0 aromatic rings. The molecule has 5 rings (SSSR count). The molecule has 0 bridgehead atoms. The van der Waals surface area contributed by atoms with Gasteiger partial charge < -0.3 is 14.7 Å². The van der Waals surface area contributed by atoms with Gasteiger partial charge in [0.1, 0.15) is 0 Å². The Morgan fingerprint density at radius 1 is 1.22 bits per heavy atom. The van der Waals surface area contributed by atoms with Crippen molar-refractivity contribution in [3.8, 4) is 0 Å². The van der Waals surface area contributed by atoms with Crippen molar-refractivity contribution < 1.29 is 9.59 Å². The van der Waals surface area contributed by atoms with Crippen LogP contribution in [0.5, 0.6) is 0 Å². The van der Waals surface area contributed by atoms with Crippen molar-refractivity contribution in [3.05, 3.63) is 11.1 Å². The number of carbonyl (C=O) groups is 2. The molecule has 4 heterocycles. The quantitative estimate of drug-likeness (QED) is 0.741. The molecule has 0 aromatic heterocycles. The summed E-state index contributed by atoms with van der Waals surface area (Å²) < 4.78 is 0. The molecule has 2 amide bonds. The maximum Gasteiger partial charge on any atom is 0.230 e. The molecule has 0 radical (unpaired) electrons. The first-order valence-corrected chi connectivity index (χ1v) is 11.3. The number of amidine groups is 1. The van der Waals surface area contributed by atoms with Gasteiger partial charge in [-0.2, -0.15) is 0 Å². The van der Waals surface area contributed by atoms with Gasteiger partial charge in [-0.25, -0.2) is 0 Å². The van der Waals surface area contributed by atoms with Crippen molar-refractivity contribution >= 4 is 28.7 Å². The van der Waals surface area contributed by atoms with Gasteiger partial charge in [-0.15, -0.1) is 0 Å². The lowest BCUT2D eigenvalue weighted by molar-refractivity contribution is -0.146. The SMILES string of the molecule is O=C(CC1=CSC2=NCCCN12)N1CC[C@@]2(CCCN(CC3CC3)C2=O)C1. The molecular formula is C20H28N4O2S. The molecule has 146 valence electrons. The molecule has 4 aliphatic heterocycles. The Morgan fingerprint density at radius 2 is 2.11 bits per heavy atom. The first-order valence-electron chi connectivity index (χ1n) is 10.4. The van der Waals surface area contributed by atoms with Crippen LogP contribution in [0.25, 0.3) is 0 Å². The van der Waals surface area contributed by atoms with Crippen LogP contribution in [0.2, 0.25) is 0 Å². The van der Waals surface area contributed by atoms with Crippen LogP contribution >= 0.6 is 11.8 Å². The van der Waals surface area contributed by atoms with Gasteiger partial charge in [-0.3, -0.25) is 14.6 Å². The van der Waals surface area contributed by atoms with Gasteiger partial charge in [0.15, 0.2) is 5.17 Å². The zero-order valence-electron chi connectivity index (χ0n) is 15.9. The lowest BCUT2D eigenvalue weighted by Gasteiger charge is -2.39. The number of aliphatic imine (C=N–C) groups is 1. The molecular weight excluding hydrogens is 360 g/mol. The molecule has 1 spiro atoms. The highest BCUT2D eigenvalue weighted by atomic mass is 32.2. The third-order valence-electron chi connectivity index (χ3n) is 6.70. The van der Waals surface area contributed by atoms with E-state index in [-0.39, 0.29) is 11.3 Å². The minimum Gasteiger partial charge on any atom is -0.342 e. The Bertz CT molecular complexity index is 717. The van der Waals surface area contributed by atoms with E-state index in [0.29, 0.717) is 18.9 Å². The van der Waals surface area contributed by atoms with Crippen molar-refractivity contribution in [1.29, 1.82) is 0 Å². The van der Waals surface area contributed by atoms with E-state index in [1.807, 2.05) is 4.90 Å². The number of likely N-dealkylation sites (tertiary alicyclic amines) is 2. The molecule has 7 heteroatoms. The molecule has 1 atom stereocenters. The lowest BCUT2D eigenvalue weighted by Crippen LogP contribution is -2.51. The van der Waals surface area contributed by atoms with Gasteiger partial charge in [0.25, 0.3) is 0 Å². The van der Waals surface area contributed by atoms with Crippen LogP contribution in [0.3, 0.4) is 0 Å². The molecule has 2 saturated heterocycles. The van der Waals surface area contributed by atoms with E-state index in [2.05, 4.69) is 20.2 Å². The average molecular weight is 389 g/mol. The number of amides is 2. The summed E-state index contributed by atoms with van der Waals surface area (Å²) in [6.45, 7) is 5.05. The number of hydrogen-bond acceptors (Lipinski definition) is 5. The number of thioether (sulfide) groups is 1. The molecule has 27 heavy (non-hydrogen) atoms. The summed E-state index contributed by atoms with van der Waals surface area (Å²) in [5.74, 6) is 1.21. The highest BCUT2D eigenvalue weighted by Gasteiger charge is 2.50. The summed E-state index contributed by atoms with van der Waals surface area (Å²) in [4.78, 5) is 36.9. The smallest absolute Gasteiger partial charge is 0.230 e. The maximum atomic E-state index is 13.2. The molecule has 1 aliphatic carbocycles. The van der Waals surface area contributed by atoms with Gasteiger partial charge in [0, 0.05) is 45.0 Å². The summed E-state index contributed by atoms with van der Waals surface area (Å²) in [6.07, 6.45) is 6.89. The van der Waals surface area contributed by atoms with Crippen LogP contribution < -0.4 is 0 Å². The highest BCUT2D eigenvalue weighted by Crippen LogP contribution is 2.42. The number of piperidine rings is 1. The zero-order valence-corrected chi connectivity index (χ0v) is 16.7. The van der Waals surface area contributed by atoms with E-state index in [4.69, 9.17) is 0 Å². The number of nitrogens with zero attached hydrogens (tertiary/aromatic N) is 4. The maximum absolute atomic E-state index is 13.2. The predicted octanol–water partition coefficient (Wildman–Crippen LogP) is 2.28. The van der Waals surface area contributed by atoms with Gasteiger partial charge in [-0.1, -0.05) is 11.8 Å². The van der Waals surface area contributed by atoms with Crippen LogP contribution in [0.4, 0.5) is 0 Å². The van der Waals surface area contributed by atoms with E-state index in [1.165, 1.54) is 12.8 Å². The van der Waals surface area contributed by atoms with E-state index >= 15 is 0 Å². The van der Waals surface area contributed by atoms with Crippen molar-refractivity contribution in [2.75, 3.05) is 39.3 Å². The number of carbonyl (C=O) groups excluding carboxylic acids is 2.